The summed E-state index contributed by atoms with van der Waals surface area (Å²) in [6.45, 7) is 7.51. The second kappa shape index (κ2) is 11.1. The number of hydrogen-bond acceptors (Lipinski definition) is 5. The van der Waals surface area contributed by atoms with Crippen molar-refractivity contribution >= 4 is 0 Å². The van der Waals surface area contributed by atoms with Crippen molar-refractivity contribution in [3.8, 4) is 11.5 Å². The van der Waals surface area contributed by atoms with Crippen LogP contribution in [-0.2, 0) is 6.54 Å². The monoisotopic (exact) mass is 467 g/mol. The zero-order valence-corrected chi connectivity index (χ0v) is 20.9. The first-order chi connectivity index (χ1) is 16.3. The van der Waals surface area contributed by atoms with Crippen LogP contribution in [0.5, 0.6) is 11.5 Å². The zero-order valence-electron chi connectivity index (χ0n) is 20.9. The highest BCUT2D eigenvalue weighted by Crippen LogP contribution is 2.29. The van der Waals surface area contributed by atoms with E-state index >= 15 is 0 Å². The molecule has 0 spiro atoms. The van der Waals surface area contributed by atoms with Gasteiger partial charge in [-0.2, -0.15) is 0 Å². The van der Waals surface area contributed by atoms with E-state index in [1.54, 1.807) is 0 Å². The summed E-state index contributed by atoms with van der Waals surface area (Å²) in [5.41, 5.74) is 2.11. The van der Waals surface area contributed by atoms with Gasteiger partial charge in [0.15, 0.2) is 0 Å². The van der Waals surface area contributed by atoms with Crippen molar-refractivity contribution in [2.24, 2.45) is 0 Å². The van der Waals surface area contributed by atoms with Gasteiger partial charge in [-0.15, -0.1) is 0 Å². The van der Waals surface area contributed by atoms with E-state index in [1.165, 1.54) is 17.5 Å². The number of aliphatic hydroxyl groups is 2. The Hall–Kier alpha value is -2.08. The molecule has 1 heterocycles. The SMILES string of the molecule is Cc1ccc(OC[C@]2(O)CCCN(Cc3ccc(OCC4(O)CCCCC4)cc3)CC2)c(C)c1. The largest absolute Gasteiger partial charge is 0.491 e. The molecular formula is C29H41NO4. The van der Waals surface area contributed by atoms with Gasteiger partial charge in [0.2, 0.25) is 0 Å². The average molecular weight is 468 g/mol. The summed E-state index contributed by atoms with van der Waals surface area (Å²) in [4.78, 5) is 2.41. The van der Waals surface area contributed by atoms with Crippen LogP contribution in [0.25, 0.3) is 0 Å². The lowest BCUT2D eigenvalue weighted by Crippen LogP contribution is -2.37. The molecule has 0 bridgehead atoms. The Morgan fingerprint density at radius 3 is 2.18 bits per heavy atom. The number of nitrogens with zero attached hydrogens (tertiary/aromatic N) is 1. The Morgan fingerprint density at radius 1 is 0.765 bits per heavy atom. The third-order valence-electron chi connectivity index (χ3n) is 7.46. The fourth-order valence-corrected chi connectivity index (χ4v) is 5.23. The third-order valence-corrected chi connectivity index (χ3v) is 7.46. The van der Waals surface area contributed by atoms with Crippen LogP contribution in [-0.4, -0.2) is 52.6 Å². The van der Waals surface area contributed by atoms with Crippen LogP contribution in [0.2, 0.25) is 0 Å². The van der Waals surface area contributed by atoms with Crippen molar-refractivity contribution in [3.05, 3.63) is 59.2 Å². The molecule has 2 aliphatic rings. The molecule has 0 aromatic heterocycles. The molecule has 0 unspecified atom stereocenters. The maximum Gasteiger partial charge on any atom is 0.122 e. The molecule has 4 rings (SSSR count). The van der Waals surface area contributed by atoms with Crippen LogP contribution in [0.15, 0.2) is 42.5 Å². The molecular weight excluding hydrogens is 426 g/mol. The van der Waals surface area contributed by atoms with Gasteiger partial charge in [-0.1, -0.05) is 49.1 Å². The minimum Gasteiger partial charge on any atom is -0.491 e. The van der Waals surface area contributed by atoms with Crippen molar-refractivity contribution in [3.63, 3.8) is 0 Å². The van der Waals surface area contributed by atoms with Crippen LogP contribution in [0.3, 0.4) is 0 Å². The molecule has 186 valence electrons. The molecule has 2 aromatic carbocycles. The second-order valence-electron chi connectivity index (χ2n) is 10.6. The molecule has 0 amide bonds. The average Bonchev–Trinajstić information content (AvgIpc) is 3.00. The van der Waals surface area contributed by atoms with Gasteiger partial charge in [-0.25, -0.2) is 0 Å². The molecule has 1 saturated heterocycles. The summed E-state index contributed by atoms with van der Waals surface area (Å²) in [7, 11) is 0. The molecule has 1 aliphatic heterocycles. The summed E-state index contributed by atoms with van der Waals surface area (Å²) in [6, 6.07) is 14.4. The lowest BCUT2D eigenvalue weighted by atomic mass is 9.85. The normalized spacial score (nSPS) is 23.3. The summed E-state index contributed by atoms with van der Waals surface area (Å²) < 4.78 is 11.9. The van der Waals surface area contributed by atoms with E-state index in [9.17, 15) is 10.2 Å². The Bertz CT molecular complexity index is 922. The molecule has 5 nitrogen and oxygen atoms in total. The highest BCUT2D eigenvalue weighted by Gasteiger charge is 2.32. The lowest BCUT2D eigenvalue weighted by molar-refractivity contribution is -0.0339. The van der Waals surface area contributed by atoms with E-state index in [0.717, 1.165) is 75.2 Å². The van der Waals surface area contributed by atoms with Crippen molar-refractivity contribution in [2.75, 3.05) is 26.3 Å². The van der Waals surface area contributed by atoms with E-state index in [-0.39, 0.29) is 0 Å². The Morgan fingerprint density at radius 2 is 1.44 bits per heavy atom. The Balaban J connectivity index is 1.24. The molecule has 0 radical (unpaired) electrons. The van der Waals surface area contributed by atoms with Crippen LogP contribution in [0.4, 0.5) is 0 Å². The van der Waals surface area contributed by atoms with Crippen LogP contribution in [0, 0.1) is 13.8 Å². The fraction of sp³-hybridized carbons (Fsp3) is 0.586. The highest BCUT2D eigenvalue weighted by molar-refractivity contribution is 5.35. The molecule has 1 aliphatic carbocycles. The smallest absolute Gasteiger partial charge is 0.122 e. The summed E-state index contributed by atoms with van der Waals surface area (Å²) in [6.07, 6.45) is 7.46. The first-order valence-electron chi connectivity index (χ1n) is 12.9. The topological polar surface area (TPSA) is 62.2 Å². The molecule has 34 heavy (non-hydrogen) atoms. The van der Waals surface area contributed by atoms with E-state index < -0.39 is 11.2 Å². The predicted octanol–water partition coefficient (Wildman–Crippen LogP) is 5.17. The number of hydrogen-bond donors (Lipinski definition) is 2. The van der Waals surface area contributed by atoms with Crippen molar-refractivity contribution < 1.29 is 19.7 Å². The van der Waals surface area contributed by atoms with E-state index in [2.05, 4.69) is 43.0 Å². The number of rotatable bonds is 8. The van der Waals surface area contributed by atoms with Crippen molar-refractivity contribution in [2.45, 2.75) is 83.0 Å². The molecule has 2 fully saturated rings. The highest BCUT2D eigenvalue weighted by atomic mass is 16.5. The van der Waals surface area contributed by atoms with Gasteiger partial charge in [0.05, 0.1) is 11.2 Å². The van der Waals surface area contributed by atoms with Gasteiger partial charge in [0, 0.05) is 13.1 Å². The van der Waals surface area contributed by atoms with E-state index in [0.29, 0.717) is 19.6 Å². The molecule has 5 heteroatoms. The van der Waals surface area contributed by atoms with Crippen molar-refractivity contribution in [1.29, 1.82) is 0 Å². The quantitative estimate of drug-likeness (QED) is 0.561. The number of ether oxygens (including phenoxy) is 2. The Kier molecular flexibility index (Phi) is 8.18. The summed E-state index contributed by atoms with van der Waals surface area (Å²) in [5.74, 6) is 1.68. The van der Waals surface area contributed by atoms with Crippen LogP contribution in [0.1, 0.15) is 68.1 Å². The van der Waals surface area contributed by atoms with Gasteiger partial charge in [-0.05, 0) is 81.8 Å². The van der Waals surface area contributed by atoms with E-state index in [4.69, 9.17) is 9.47 Å². The third kappa shape index (κ3) is 6.97. The predicted molar refractivity (Wildman–Crippen MR) is 135 cm³/mol. The first kappa shape index (κ1) is 25.0. The minimum atomic E-state index is -0.789. The first-order valence-corrected chi connectivity index (χ1v) is 12.9. The molecule has 2 aromatic rings. The Labute approximate surface area is 204 Å². The molecule has 1 atom stereocenters. The molecule has 1 saturated carbocycles. The van der Waals surface area contributed by atoms with Gasteiger partial charge in [0.25, 0.3) is 0 Å². The standard InChI is InChI=1S/C29H41NO4/c1-23-7-12-27(24(2)19-23)34-22-29(32)15-6-17-30(18-16-29)20-25-8-10-26(11-9-25)33-21-28(31)13-4-3-5-14-28/h7-12,19,31-32H,3-6,13-18,20-22H2,1-2H3/t29-/m0/s1. The van der Waals surface area contributed by atoms with Crippen molar-refractivity contribution in [1.82, 2.24) is 4.90 Å². The maximum absolute atomic E-state index is 11.2. The number of benzene rings is 2. The van der Waals surface area contributed by atoms with E-state index in [1.807, 2.05) is 18.2 Å². The lowest BCUT2D eigenvalue weighted by Gasteiger charge is -2.31. The summed E-state index contributed by atoms with van der Waals surface area (Å²) in [5, 5.41) is 21.8. The zero-order chi connectivity index (χ0) is 24.0. The second-order valence-corrected chi connectivity index (χ2v) is 10.6. The fourth-order valence-electron chi connectivity index (χ4n) is 5.23. The number of likely N-dealkylation sites (tertiary alicyclic amines) is 1. The minimum absolute atomic E-state index is 0.336. The van der Waals surface area contributed by atoms with Gasteiger partial charge < -0.3 is 19.7 Å². The maximum atomic E-state index is 11.2. The van der Waals surface area contributed by atoms with Gasteiger partial charge in [-0.3, -0.25) is 4.90 Å². The number of aryl methyl sites for hydroxylation is 2. The molecule has 2 N–H and O–H groups in total. The van der Waals surface area contributed by atoms with Gasteiger partial charge in [0.1, 0.15) is 24.7 Å². The van der Waals surface area contributed by atoms with Gasteiger partial charge >= 0.3 is 0 Å². The van der Waals surface area contributed by atoms with Crippen LogP contribution < -0.4 is 9.47 Å². The summed E-state index contributed by atoms with van der Waals surface area (Å²) >= 11 is 0. The van der Waals surface area contributed by atoms with Crippen LogP contribution >= 0.6 is 0 Å².